The first-order chi connectivity index (χ1) is 13.3. The summed E-state index contributed by atoms with van der Waals surface area (Å²) in [5, 5.41) is 0. The quantitative estimate of drug-likeness (QED) is 0.613. The zero-order valence-electron chi connectivity index (χ0n) is 16.3. The average molecular weight is 366 g/mol. The van der Waals surface area contributed by atoms with Crippen molar-refractivity contribution in [2.75, 3.05) is 20.2 Å². The second-order valence-electron chi connectivity index (χ2n) is 7.73. The number of aldehydes is 1. The second kappa shape index (κ2) is 10.3. The smallest absolute Gasteiger partial charge is 0.123 e. The third-order valence-corrected chi connectivity index (χ3v) is 5.68. The highest BCUT2D eigenvalue weighted by molar-refractivity contribution is 5.55. The van der Waals surface area contributed by atoms with Crippen molar-refractivity contribution in [1.29, 1.82) is 0 Å². The van der Waals surface area contributed by atoms with Gasteiger partial charge in [0.2, 0.25) is 0 Å². The van der Waals surface area contributed by atoms with E-state index in [9.17, 15) is 4.79 Å². The highest BCUT2D eigenvalue weighted by Crippen LogP contribution is 2.28. The van der Waals surface area contributed by atoms with Crippen LogP contribution < -0.4 is 0 Å². The summed E-state index contributed by atoms with van der Waals surface area (Å²) < 4.78 is 5.32. The van der Waals surface area contributed by atoms with E-state index < -0.39 is 0 Å². The Balaban J connectivity index is 1.46. The lowest BCUT2D eigenvalue weighted by atomic mass is 9.84. The predicted molar refractivity (Wildman–Crippen MR) is 110 cm³/mol. The fraction of sp³-hybridized carbons (Fsp3) is 0.458. The highest BCUT2D eigenvalue weighted by atomic mass is 16.5. The van der Waals surface area contributed by atoms with Crippen molar-refractivity contribution in [3.63, 3.8) is 0 Å². The Morgan fingerprint density at radius 2 is 1.96 bits per heavy atom. The van der Waals surface area contributed by atoms with Gasteiger partial charge in [0.25, 0.3) is 0 Å². The van der Waals surface area contributed by atoms with Crippen molar-refractivity contribution >= 4 is 6.29 Å². The Hall–Kier alpha value is -2.13. The van der Waals surface area contributed by atoms with Gasteiger partial charge < -0.3 is 9.53 Å². The van der Waals surface area contributed by atoms with Crippen LogP contribution in [0.3, 0.4) is 0 Å². The summed E-state index contributed by atoms with van der Waals surface area (Å²) in [6.45, 7) is 3.30. The Kier molecular flexibility index (Phi) is 7.46. The van der Waals surface area contributed by atoms with Crippen LogP contribution in [0.2, 0.25) is 0 Å². The van der Waals surface area contributed by atoms with Crippen molar-refractivity contribution in [3.8, 4) is 0 Å². The fourth-order valence-electron chi connectivity index (χ4n) is 4.08. The number of hydrogen-bond donors (Lipinski definition) is 0. The fourth-order valence-corrected chi connectivity index (χ4v) is 4.08. The molecule has 1 fully saturated rings. The molecule has 144 valence electrons. The molecule has 3 heteroatoms. The zero-order valence-corrected chi connectivity index (χ0v) is 16.3. The third kappa shape index (κ3) is 6.21. The molecule has 27 heavy (non-hydrogen) atoms. The monoisotopic (exact) mass is 365 g/mol. The molecule has 1 unspecified atom stereocenters. The van der Waals surface area contributed by atoms with Gasteiger partial charge in [-0.3, -0.25) is 4.90 Å². The molecule has 0 N–H and O–H groups in total. The van der Waals surface area contributed by atoms with Gasteiger partial charge >= 0.3 is 0 Å². The minimum Gasteiger partial charge on any atom is -0.501 e. The van der Waals surface area contributed by atoms with Crippen molar-refractivity contribution in [2.24, 2.45) is 11.8 Å². The van der Waals surface area contributed by atoms with Crippen molar-refractivity contribution in [1.82, 2.24) is 4.90 Å². The van der Waals surface area contributed by atoms with Crippen LogP contribution in [-0.4, -0.2) is 31.4 Å². The summed E-state index contributed by atoms with van der Waals surface area (Å²) >= 11 is 0. The SMILES string of the molecule is COC1=CC=C(CC(C=O)CC2CCN(Cc3ccccc3)CC2)C=CC1. The average Bonchev–Trinajstić information content (AvgIpc) is 2.95. The molecule has 1 aliphatic carbocycles. The maximum atomic E-state index is 11.7. The molecule has 0 saturated carbocycles. The first kappa shape index (κ1) is 19.6. The van der Waals surface area contributed by atoms with Gasteiger partial charge in [-0.15, -0.1) is 0 Å². The summed E-state index contributed by atoms with van der Waals surface area (Å²) in [4.78, 5) is 14.2. The van der Waals surface area contributed by atoms with Gasteiger partial charge in [0, 0.05) is 18.9 Å². The van der Waals surface area contributed by atoms with Gasteiger partial charge in [0.15, 0.2) is 0 Å². The zero-order chi connectivity index (χ0) is 18.9. The molecule has 3 nitrogen and oxygen atoms in total. The third-order valence-electron chi connectivity index (χ3n) is 5.68. The molecule has 0 spiro atoms. The summed E-state index contributed by atoms with van der Waals surface area (Å²) in [5.74, 6) is 1.74. The first-order valence-corrected chi connectivity index (χ1v) is 10.1. The van der Waals surface area contributed by atoms with Gasteiger partial charge in [0.1, 0.15) is 6.29 Å². The number of allylic oxidation sites excluding steroid dienone is 5. The van der Waals surface area contributed by atoms with E-state index in [1.54, 1.807) is 7.11 Å². The van der Waals surface area contributed by atoms with E-state index >= 15 is 0 Å². The van der Waals surface area contributed by atoms with E-state index in [2.05, 4.69) is 53.5 Å². The number of hydrogen-bond acceptors (Lipinski definition) is 3. The van der Waals surface area contributed by atoms with Crippen LogP contribution >= 0.6 is 0 Å². The first-order valence-electron chi connectivity index (χ1n) is 10.1. The molecule has 1 aromatic carbocycles. The predicted octanol–water partition coefficient (Wildman–Crippen LogP) is 4.91. The van der Waals surface area contributed by atoms with Crippen molar-refractivity contribution < 1.29 is 9.53 Å². The lowest BCUT2D eigenvalue weighted by Crippen LogP contribution is -2.34. The van der Waals surface area contributed by atoms with E-state index in [1.807, 2.05) is 6.08 Å². The van der Waals surface area contributed by atoms with Crippen LogP contribution in [-0.2, 0) is 16.1 Å². The van der Waals surface area contributed by atoms with Gasteiger partial charge in [-0.1, -0.05) is 48.6 Å². The molecule has 1 aliphatic heterocycles. The van der Waals surface area contributed by atoms with Crippen molar-refractivity contribution in [2.45, 2.75) is 38.6 Å². The molecule has 0 bridgehead atoms. The Morgan fingerprint density at radius 3 is 2.67 bits per heavy atom. The molecule has 1 saturated heterocycles. The Bertz CT molecular complexity index is 682. The van der Waals surface area contributed by atoms with Gasteiger partial charge in [-0.25, -0.2) is 0 Å². The number of likely N-dealkylation sites (tertiary alicyclic amines) is 1. The number of ether oxygens (including phenoxy) is 1. The molecular weight excluding hydrogens is 334 g/mol. The Morgan fingerprint density at radius 1 is 1.19 bits per heavy atom. The number of carbonyl (C=O) groups is 1. The highest BCUT2D eigenvalue weighted by Gasteiger charge is 2.22. The maximum absolute atomic E-state index is 11.7. The minimum absolute atomic E-state index is 0.115. The Labute approximate surface area is 163 Å². The number of carbonyl (C=O) groups excluding carboxylic acids is 1. The van der Waals surface area contributed by atoms with Gasteiger partial charge in [-0.05, 0) is 61.9 Å². The van der Waals surface area contributed by atoms with Crippen LogP contribution in [0.4, 0.5) is 0 Å². The van der Waals surface area contributed by atoms with E-state index in [1.165, 1.54) is 24.0 Å². The molecule has 0 radical (unpaired) electrons. The number of rotatable bonds is 8. The number of piperidine rings is 1. The summed E-state index contributed by atoms with van der Waals surface area (Å²) in [5.41, 5.74) is 2.61. The van der Waals surface area contributed by atoms with E-state index in [0.29, 0.717) is 5.92 Å². The minimum atomic E-state index is 0.115. The van der Waals surface area contributed by atoms with Crippen LogP contribution in [0.5, 0.6) is 0 Å². The largest absolute Gasteiger partial charge is 0.501 e. The maximum Gasteiger partial charge on any atom is 0.123 e. The van der Waals surface area contributed by atoms with Crippen LogP contribution in [0.25, 0.3) is 0 Å². The standard InChI is InChI=1S/C24H31NO2/c1-27-24-9-5-8-20(10-11-24)16-23(19-26)17-21-12-14-25(15-13-21)18-22-6-3-2-4-7-22/h2-8,10-11,19,21,23H,9,12-18H2,1H3. The van der Waals surface area contributed by atoms with Crippen LogP contribution in [0, 0.1) is 11.8 Å². The molecule has 0 aromatic heterocycles. The topological polar surface area (TPSA) is 29.5 Å². The molecule has 1 atom stereocenters. The second-order valence-corrected chi connectivity index (χ2v) is 7.73. The number of benzene rings is 1. The van der Waals surface area contributed by atoms with E-state index in [4.69, 9.17) is 4.74 Å². The molecule has 1 aromatic rings. The van der Waals surface area contributed by atoms with Gasteiger partial charge in [0.05, 0.1) is 12.9 Å². The van der Waals surface area contributed by atoms with Crippen LogP contribution in [0.15, 0.2) is 66.0 Å². The molecule has 0 amide bonds. The lowest BCUT2D eigenvalue weighted by molar-refractivity contribution is -0.111. The molecule has 1 heterocycles. The van der Waals surface area contributed by atoms with Crippen molar-refractivity contribution in [3.05, 3.63) is 71.5 Å². The molecule has 2 aliphatic rings. The van der Waals surface area contributed by atoms with E-state index in [-0.39, 0.29) is 5.92 Å². The summed E-state index contributed by atoms with van der Waals surface area (Å²) in [6.07, 6.45) is 14.6. The summed E-state index contributed by atoms with van der Waals surface area (Å²) in [7, 11) is 1.71. The molecule has 3 rings (SSSR count). The summed E-state index contributed by atoms with van der Waals surface area (Å²) in [6, 6.07) is 10.7. The molecular formula is C24H31NO2. The van der Waals surface area contributed by atoms with Gasteiger partial charge in [-0.2, -0.15) is 0 Å². The van der Waals surface area contributed by atoms with E-state index in [0.717, 1.165) is 50.9 Å². The van der Waals surface area contributed by atoms with Crippen LogP contribution in [0.1, 0.15) is 37.7 Å². The number of nitrogens with zero attached hydrogens (tertiary/aromatic N) is 1. The normalized spacial score (nSPS) is 19.7. The number of methoxy groups -OCH3 is 1. The lowest BCUT2D eigenvalue weighted by Gasteiger charge is -2.33.